The largest absolute Gasteiger partial charge is 0.508 e. The molecule has 0 spiro atoms. The number of rotatable bonds is 1. The molecular formula is C16H14N2O3. The summed E-state index contributed by atoms with van der Waals surface area (Å²) in [6.07, 6.45) is -0.220. The number of ether oxygens (including phenoxy) is 1. The Bertz CT molecular complexity index is 702. The maximum absolute atomic E-state index is 12.1. The number of anilines is 1. The van der Waals surface area contributed by atoms with Gasteiger partial charge >= 0.3 is 6.03 Å². The van der Waals surface area contributed by atoms with Crippen molar-refractivity contribution in [2.75, 3.05) is 11.4 Å². The predicted octanol–water partition coefficient (Wildman–Crippen LogP) is 2.42. The highest BCUT2D eigenvalue weighted by Gasteiger charge is 2.44. The molecule has 2 aromatic carbocycles. The first-order valence-corrected chi connectivity index (χ1v) is 6.86. The van der Waals surface area contributed by atoms with E-state index in [0.717, 1.165) is 5.56 Å². The molecule has 0 aliphatic carbocycles. The van der Waals surface area contributed by atoms with E-state index in [2.05, 4.69) is 5.32 Å². The van der Waals surface area contributed by atoms with Crippen LogP contribution in [-0.4, -0.2) is 23.7 Å². The third kappa shape index (κ3) is 1.81. The number of fused-ring (bicyclic) bond motifs is 3. The Morgan fingerprint density at radius 1 is 1.19 bits per heavy atom. The Hall–Kier alpha value is -2.69. The lowest BCUT2D eigenvalue weighted by atomic mass is 9.99. The van der Waals surface area contributed by atoms with Crippen molar-refractivity contribution < 1.29 is 14.6 Å². The number of carbonyl (C=O) groups is 1. The molecule has 0 aromatic heterocycles. The molecule has 2 amide bonds. The summed E-state index contributed by atoms with van der Waals surface area (Å²) >= 11 is 0. The zero-order valence-corrected chi connectivity index (χ0v) is 11.2. The van der Waals surface area contributed by atoms with Gasteiger partial charge in [0.05, 0.1) is 11.7 Å². The highest BCUT2D eigenvalue weighted by molar-refractivity contribution is 5.97. The van der Waals surface area contributed by atoms with E-state index in [-0.39, 0.29) is 23.9 Å². The predicted molar refractivity (Wildman–Crippen MR) is 77.6 cm³/mol. The van der Waals surface area contributed by atoms with Gasteiger partial charge in [-0.05, 0) is 17.7 Å². The van der Waals surface area contributed by atoms with Crippen LogP contribution in [0.25, 0.3) is 0 Å². The molecule has 2 atom stereocenters. The number of carbonyl (C=O) groups excluding carboxylic acids is 1. The molecule has 2 aliphatic heterocycles. The molecule has 0 bridgehead atoms. The number of amides is 2. The molecular weight excluding hydrogens is 268 g/mol. The second kappa shape index (κ2) is 4.41. The molecule has 106 valence electrons. The minimum atomic E-state index is -0.220. The topological polar surface area (TPSA) is 61.8 Å². The summed E-state index contributed by atoms with van der Waals surface area (Å²) in [5, 5.41) is 12.5. The maximum atomic E-state index is 12.1. The molecule has 1 fully saturated rings. The fourth-order valence-corrected chi connectivity index (χ4v) is 2.99. The second-order valence-electron chi connectivity index (χ2n) is 5.22. The van der Waals surface area contributed by atoms with Gasteiger partial charge in [-0.1, -0.05) is 30.3 Å². The number of phenols is 1. The smallest absolute Gasteiger partial charge is 0.322 e. The first-order chi connectivity index (χ1) is 10.2. The Morgan fingerprint density at radius 2 is 2.00 bits per heavy atom. The zero-order valence-electron chi connectivity index (χ0n) is 11.2. The van der Waals surface area contributed by atoms with Crippen LogP contribution in [0.2, 0.25) is 0 Å². The molecule has 5 heteroatoms. The highest BCUT2D eigenvalue weighted by Crippen LogP contribution is 2.44. The lowest BCUT2D eigenvalue weighted by molar-refractivity contribution is 0.165. The first-order valence-electron chi connectivity index (χ1n) is 6.86. The van der Waals surface area contributed by atoms with Crippen molar-refractivity contribution in [3.05, 3.63) is 54.1 Å². The second-order valence-corrected chi connectivity index (χ2v) is 5.22. The van der Waals surface area contributed by atoms with Gasteiger partial charge in [-0.15, -0.1) is 0 Å². The van der Waals surface area contributed by atoms with Crippen LogP contribution in [0.4, 0.5) is 10.5 Å². The Labute approximate surface area is 121 Å². The summed E-state index contributed by atoms with van der Waals surface area (Å²) in [6.45, 7) is 0.521. The summed E-state index contributed by atoms with van der Waals surface area (Å²) in [4.78, 5) is 13.8. The van der Waals surface area contributed by atoms with Crippen LogP contribution in [0.3, 0.4) is 0 Å². The first kappa shape index (κ1) is 12.1. The van der Waals surface area contributed by atoms with Crippen molar-refractivity contribution in [1.29, 1.82) is 0 Å². The summed E-state index contributed by atoms with van der Waals surface area (Å²) < 4.78 is 6.09. The van der Waals surface area contributed by atoms with Crippen LogP contribution in [-0.2, 0) is 0 Å². The Kier molecular flexibility index (Phi) is 2.54. The molecule has 21 heavy (non-hydrogen) atoms. The molecule has 2 aliphatic rings. The van der Waals surface area contributed by atoms with Gasteiger partial charge in [0.1, 0.15) is 17.6 Å². The lowest BCUT2D eigenvalue weighted by Gasteiger charge is -2.37. The van der Waals surface area contributed by atoms with E-state index in [1.807, 2.05) is 30.3 Å². The number of aromatic hydroxyl groups is 1. The minimum Gasteiger partial charge on any atom is -0.508 e. The molecule has 0 saturated carbocycles. The number of nitrogens with one attached hydrogen (secondary N) is 1. The normalized spacial score (nSPS) is 23.0. The average molecular weight is 282 g/mol. The number of benzene rings is 2. The van der Waals surface area contributed by atoms with Gasteiger partial charge in [-0.3, -0.25) is 4.90 Å². The molecule has 5 nitrogen and oxygen atoms in total. The van der Waals surface area contributed by atoms with Crippen molar-refractivity contribution in [1.82, 2.24) is 5.32 Å². The van der Waals surface area contributed by atoms with Crippen molar-refractivity contribution in [3.8, 4) is 11.5 Å². The van der Waals surface area contributed by atoms with Crippen molar-refractivity contribution in [2.45, 2.75) is 12.1 Å². The summed E-state index contributed by atoms with van der Waals surface area (Å²) in [5.41, 5.74) is 1.64. The van der Waals surface area contributed by atoms with E-state index in [9.17, 15) is 9.90 Å². The van der Waals surface area contributed by atoms with Crippen molar-refractivity contribution in [2.24, 2.45) is 0 Å². The highest BCUT2D eigenvalue weighted by atomic mass is 16.5. The maximum Gasteiger partial charge on any atom is 0.322 e. The van der Waals surface area contributed by atoms with E-state index in [0.29, 0.717) is 18.0 Å². The lowest BCUT2D eigenvalue weighted by Crippen LogP contribution is -2.43. The van der Waals surface area contributed by atoms with Crippen molar-refractivity contribution >= 4 is 11.7 Å². The van der Waals surface area contributed by atoms with Crippen LogP contribution < -0.4 is 15.0 Å². The molecule has 0 radical (unpaired) electrons. The molecule has 2 unspecified atom stereocenters. The summed E-state index contributed by atoms with van der Waals surface area (Å²) in [7, 11) is 0. The number of phenolic OH excluding ortho intramolecular Hbond substituents is 1. The van der Waals surface area contributed by atoms with Gasteiger partial charge in [0.2, 0.25) is 0 Å². The fourth-order valence-electron chi connectivity index (χ4n) is 2.99. The van der Waals surface area contributed by atoms with E-state index < -0.39 is 0 Å². The molecule has 2 heterocycles. The molecule has 4 rings (SSSR count). The van der Waals surface area contributed by atoms with E-state index in [4.69, 9.17) is 4.74 Å². The van der Waals surface area contributed by atoms with Crippen LogP contribution in [0.5, 0.6) is 11.5 Å². The average Bonchev–Trinajstić information content (AvgIpc) is 2.90. The minimum absolute atomic E-state index is 0.116. The molecule has 2 N–H and O–H groups in total. The van der Waals surface area contributed by atoms with Gasteiger partial charge in [0.15, 0.2) is 0 Å². The van der Waals surface area contributed by atoms with Gasteiger partial charge < -0.3 is 15.2 Å². The summed E-state index contributed by atoms with van der Waals surface area (Å²) in [6, 6.07) is 14.4. The van der Waals surface area contributed by atoms with E-state index in [1.54, 1.807) is 23.1 Å². The van der Waals surface area contributed by atoms with E-state index >= 15 is 0 Å². The van der Waals surface area contributed by atoms with Gasteiger partial charge in [0.25, 0.3) is 0 Å². The van der Waals surface area contributed by atoms with Crippen LogP contribution >= 0.6 is 0 Å². The Balaban J connectivity index is 1.83. The number of hydrogen-bond acceptors (Lipinski definition) is 3. The summed E-state index contributed by atoms with van der Waals surface area (Å²) in [5.74, 6) is 0.726. The quantitative estimate of drug-likeness (QED) is 0.844. The number of urea groups is 1. The number of hydrogen-bond donors (Lipinski definition) is 2. The van der Waals surface area contributed by atoms with Gasteiger partial charge in [-0.2, -0.15) is 0 Å². The molecule has 1 saturated heterocycles. The van der Waals surface area contributed by atoms with E-state index in [1.165, 1.54) is 0 Å². The van der Waals surface area contributed by atoms with Gasteiger partial charge in [0, 0.05) is 12.6 Å². The SMILES string of the molecule is O=C1NCC2C(c3ccccc3)Oc3ccc(O)cc3N12. The standard InChI is InChI=1S/C16H14N2O3/c19-11-6-7-14-12(8-11)18-13(9-17-16(18)20)15(21-14)10-4-2-1-3-5-10/h1-8,13,15,19H,9H2,(H,17,20). The van der Waals surface area contributed by atoms with Crippen LogP contribution in [0.15, 0.2) is 48.5 Å². The van der Waals surface area contributed by atoms with Crippen LogP contribution in [0.1, 0.15) is 11.7 Å². The van der Waals surface area contributed by atoms with Crippen LogP contribution in [0, 0.1) is 0 Å². The van der Waals surface area contributed by atoms with Gasteiger partial charge in [-0.25, -0.2) is 4.79 Å². The number of nitrogens with zero attached hydrogens (tertiary/aromatic N) is 1. The third-order valence-electron chi connectivity index (χ3n) is 3.95. The Morgan fingerprint density at radius 3 is 2.81 bits per heavy atom. The monoisotopic (exact) mass is 282 g/mol. The zero-order chi connectivity index (χ0) is 14.4. The molecule has 2 aromatic rings. The fraction of sp³-hybridized carbons (Fsp3) is 0.188. The van der Waals surface area contributed by atoms with Crippen molar-refractivity contribution in [3.63, 3.8) is 0 Å². The third-order valence-corrected chi connectivity index (χ3v) is 3.95.